The number of hydrogen-bond donors (Lipinski definition) is 1. The van der Waals surface area contributed by atoms with Crippen LogP contribution in [0.2, 0.25) is 0 Å². The van der Waals surface area contributed by atoms with E-state index in [-0.39, 0.29) is 16.7 Å². The average molecular weight is 263 g/mol. The molecule has 0 unspecified atom stereocenters. The van der Waals surface area contributed by atoms with Gasteiger partial charge in [0.25, 0.3) is 0 Å². The van der Waals surface area contributed by atoms with Crippen molar-refractivity contribution < 1.29 is 13.2 Å². The summed E-state index contributed by atoms with van der Waals surface area (Å²) >= 11 is -0.0879. The number of halogens is 3. The van der Waals surface area contributed by atoms with Gasteiger partial charge in [-0.2, -0.15) is 13.2 Å². The Balaban J connectivity index is 2.62. The fourth-order valence-corrected chi connectivity index (χ4v) is 2.02. The Morgan fingerprint density at radius 2 is 1.65 bits per heavy atom. The van der Waals surface area contributed by atoms with E-state index < -0.39 is 5.51 Å². The highest BCUT2D eigenvalue weighted by Crippen LogP contribution is 2.37. The number of nitrogens with one attached hydrogen (secondary N) is 1. The molecule has 0 aliphatic carbocycles. The fourth-order valence-electron chi connectivity index (χ4n) is 1.48. The molecule has 1 aromatic carbocycles. The maximum Gasteiger partial charge on any atom is 0.446 e. The first kappa shape index (κ1) is 14.2. The average Bonchev–Trinajstić information content (AvgIpc) is 2.26. The van der Waals surface area contributed by atoms with Crippen LogP contribution >= 0.6 is 11.8 Å². The standard InChI is InChI=1S/C12H16F3NS/c1-3-9(4-2)16-10-5-7-11(8-6-10)17-12(13,14)15/h5-9,16H,3-4H2,1-2H3. The van der Waals surface area contributed by atoms with Crippen LogP contribution in [-0.2, 0) is 0 Å². The summed E-state index contributed by atoms with van der Waals surface area (Å²) in [7, 11) is 0. The molecule has 1 nitrogen and oxygen atoms in total. The van der Waals surface area contributed by atoms with Crippen LogP contribution in [0, 0.1) is 0 Å². The minimum Gasteiger partial charge on any atom is -0.382 e. The van der Waals surface area contributed by atoms with Crippen molar-refractivity contribution in [2.45, 2.75) is 43.1 Å². The molecular formula is C12H16F3NS. The van der Waals surface area contributed by atoms with E-state index in [9.17, 15) is 13.2 Å². The van der Waals surface area contributed by atoms with Gasteiger partial charge in [0.1, 0.15) is 0 Å². The van der Waals surface area contributed by atoms with Gasteiger partial charge in [0.05, 0.1) is 0 Å². The molecule has 0 saturated heterocycles. The summed E-state index contributed by atoms with van der Waals surface area (Å²) in [6, 6.07) is 6.72. The van der Waals surface area contributed by atoms with Crippen molar-refractivity contribution in [3.05, 3.63) is 24.3 Å². The van der Waals surface area contributed by atoms with E-state index in [0.717, 1.165) is 18.5 Å². The fraction of sp³-hybridized carbons (Fsp3) is 0.500. The van der Waals surface area contributed by atoms with E-state index in [1.807, 2.05) is 0 Å². The number of hydrogen-bond acceptors (Lipinski definition) is 2. The van der Waals surface area contributed by atoms with Gasteiger partial charge in [0.2, 0.25) is 0 Å². The molecule has 1 aromatic rings. The quantitative estimate of drug-likeness (QED) is 0.758. The maximum absolute atomic E-state index is 12.1. The molecule has 0 bridgehead atoms. The van der Waals surface area contributed by atoms with Crippen molar-refractivity contribution in [3.63, 3.8) is 0 Å². The minimum atomic E-state index is -4.22. The largest absolute Gasteiger partial charge is 0.446 e. The molecule has 0 amide bonds. The molecule has 0 aliphatic heterocycles. The van der Waals surface area contributed by atoms with E-state index in [1.165, 1.54) is 12.1 Å². The normalized spacial score (nSPS) is 11.9. The third-order valence-electron chi connectivity index (χ3n) is 2.44. The molecule has 0 radical (unpaired) electrons. The molecule has 0 fully saturated rings. The molecule has 0 spiro atoms. The number of alkyl halides is 3. The molecular weight excluding hydrogens is 247 g/mol. The lowest BCUT2D eigenvalue weighted by atomic mass is 10.1. The van der Waals surface area contributed by atoms with Gasteiger partial charge in [-0.05, 0) is 48.9 Å². The van der Waals surface area contributed by atoms with Crippen molar-refractivity contribution in [3.8, 4) is 0 Å². The zero-order chi connectivity index (χ0) is 12.9. The Labute approximate surface area is 104 Å². The van der Waals surface area contributed by atoms with Crippen LogP contribution < -0.4 is 5.32 Å². The summed E-state index contributed by atoms with van der Waals surface area (Å²) in [5.74, 6) is 0. The first-order valence-corrected chi connectivity index (χ1v) is 6.38. The summed E-state index contributed by atoms with van der Waals surface area (Å²) in [5.41, 5.74) is -3.35. The van der Waals surface area contributed by atoms with Crippen LogP contribution in [-0.4, -0.2) is 11.6 Å². The summed E-state index contributed by atoms with van der Waals surface area (Å²) < 4.78 is 36.3. The van der Waals surface area contributed by atoms with Gasteiger partial charge in [-0.3, -0.25) is 0 Å². The molecule has 5 heteroatoms. The number of benzene rings is 1. The lowest BCUT2D eigenvalue weighted by Crippen LogP contribution is -2.16. The third kappa shape index (κ3) is 5.35. The van der Waals surface area contributed by atoms with Crippen molar-refractivity contribution >= 4 is 17.4 Å². The minimum absolute atomic E-state index is 0.0879. The predicted molar refractivity (Wildman–Crippen MR) is 66.3 cm³/mol. The van der Waals surface area contributed by atoms with Crippen LogP contribution in [0.3, 0.4) is 0 Å². The Hall–Kier alpha value is -0.840. The highest BCUT2D eigenvalue weighted by molar-refractivity contribution is 8.00. The van der Waals surface area contributed by atoms with E-state index >= 15 is 0 Å². The summed E-state index contributed by atoms with van der Waals surface area (Å²) in [4.78, 5) is 0.215. The van der Waals surface area contributed by atoms with Gasteiger partial charge in [-0.15, -0.1) is 0 Å². The molecule has 0 aromatic heterocycles. The number of rotatable bonds is 5. The first-order valence-electron chi connectivity index (χ1n) is 5.57. The van der Waals surface area contributed by atoms with Gasteiger partial charge in [0.15, 0.2) is 0 Å². The second-order valence-electron chi connectivity index (χ2n) is 3.73. The van der Waals surface area contributed by atoms with E-state index in [1.54, 1.807) is 12.1 Å². The second kappa shape index (κ2) is 6.19. The Bertz CT molecular complexity index is 331. The maximum atomic E-state index is 12.1. The van der Waals surface area contributed by atoms with Gasteiger partial charge in [-0.1, -0.05) is 13.8 Å². The molecule has 96 valence electrons. The molecule has 0 heterocycles. The number of thioether (sulfide) groups is 1. The zero-order valence-corrected chi connectivity index (χ0v) is 10.7. The van der Waals surface area contributed by atoms with E-state index in [0.29, 0.717) is 6.04 Å². The van der Waals surface area contributed by atoms with Gasteiger partial charge in [0, 0.05) is 16.6 Å². The lowest BCUT2D eigenvalue weighted by Gasteiger charge is -2.16. The van der Waals surface area contributed by atoms with Crippen LogP contribution in [0.4, 0.5) is 18.9 Å². The summed E-state index contributed by atoms with van der Waals surface area (Å²) in [6.07, 6.45) is 1.99. The number of anilines is 1. The topological polar surface area (TPSA) is 12.0 Å². The molecule has 0 aliphatic rings. The van der Waals surface area contributed by atoms with Crippen molar-refractivity contribution in [1.29, 1.82) is 0 Å². The Kier molecular flexibility index (Phi) is 5.18. The molecule has 1 rings (SSSR count). The van der Waals surface area contributed by atoms with Gasteiger partial charge in [-0.25, -0.2) is 0 Å². The van der Waals surface area contributed by atoms with Crippen molar-refractivity contribution in [2.75, 3.05) is 5.32 Å². The molecule has 0 atom stereocenters. The molecule has 0 saturated carbocycles. The zero-order valence-electron chi connectivity index (χ0n) is 9.84. The molecule has 17 heavy (non-hydrogen) atoms. The second-order valence-corrected chi connectivity index (χ2v) is 4.87. The monoisotopic (exact) mass is 263 g/mol. The lowest BCUT2D eigenvalue weighted by molar-refractivity contribution is -0.0328. The highest BCUT2D eigenvalue weighted by atomic mass is 32.2. The SMILES string of the molecule is CCC(CC)Nc1ccc(SC(F)(F)F)cc1. The third-order valence-corrected chi connectivity index (χ3v) is 3.18. The Morgan fingerprint density at radius 1 is 1.12 bits per heavy atom. The summed E-state index contributed by atoms with van der Waals surface area (Å²) in [6.45, 7) is 4.16. The van der Waals surface area contributed by atoms with Crippen LogP contribution in [0.15, 0.2) is 29.2 Å². The van der Waals surface area contributed by atoms with E-state index in [4.69, 9.17) is 0 Å². The van der Waals surface area contributed by atoms with Gasteiger partial charge < -0.3 is 5.32 Å². The summed E-state index contributed by atoms with van der Waals surface area (Å²) in [5, 5.41) is 3.28. The van der Waals surface area contributed by atoms with Crippen LogP contribution in [0.1, 0.15) is 26.7 Å². The highest BCUT2D eigenvalue weighted by Gasteiger charge is 2.28. The van der Waals surface area contributed by atoms with Crippen LogP contribution in [0.25, 0.3) is 0 Å². The van der Waals surface area contributed by atoms with Crippen LogP contribution in [0.5, 0.6) is 0 Å². The molecule has 1 N–H and O–H groups in total. The Morgan fingerprint density at radius 3 is 2.06 bits per heavy atom. The first-order chi connectivity index (χ1) is 7.94. The van der Waals surface area contributed by atoms with Crippen molar-refractivity contribution in [1.82, 2.24) is 0 Å². The van der Waals surface area contributed by atoms with Gasteiger partial charge >= 0.3 is 5.51 Å². The smallest absolute Gasteiger partial charge is 0.382 e. The van der Waals surface area contributed by atoms with Crippen molar-refractivity contribution in [2.24, 2.45) is 0 Å². The van der Waals surface area contributed by atoms with E-state index in [2.05, 4.69) is 19.2 Å². The predicted octanol–water partition coefficient (Wildman–Crippen LogP) is 4.90.